The first-order valence-corrected chi connectivity index (χ1v) is 12.3. The van der Waals surface area contributed by atoms with Crippen LogP contribution in [0.3, 0.4) is 0 Å². The van der Waals surface area contributed by atoms with E-state index in [1.54, 1.807) is 0 Å². The number of carbonyl (C=O) groups excluding carboxylic acids is 1. The molecular weight excluding hydrogens is 446 g/mol. The fraction of sp³-hybridized carbons (Fsp3) is 0.409. The summed E-state index contributed by atoms with van der Waals surface area (Å²) < 4.78 is 56.4. The second-order valence-corrected chi connectivity index (χ2v) is 10.5. The highest BCUT2D eigenvalue weighted by molar-refractivity contribution is 7.90. The van der Waals surface area contributed by atoms with Crippen LogP contribution in [0.1, 0.15) is 66.1 Å². The summed E-state index contributed by atoms with van der Waals surface area (Å²) in [5.74, 6) is -1.63. The summed E-state index contributed by atoms with van der Waals surface area (Å²) in [6, 6.07) is 5.67. The molecule has 0 aliphatic heterocycles. The second-order valence-electron chi connectivity index (χ2n) is 8.08. The van der Waals surface area contributed by atoms with E-state index in [1.807, 2.05) is 0 Å². The third-order valence-electron chi connectivity index (χ3n) is 6.05. The minimum absolute atomic E-state index is 0.126. The van der Waals surface area contributed by atoms with Gasteiger partial charge < -0.3 is 5.32 Å². The van der Waals surface area contributed by atoms with Crippen molar-refractivity contribution in [2.24, 2.45) is 0 Å². The lowest BCUT2D eigenvalue weighted by Gasteiger charge is -2.24. The van der Waals surface area contributed by atoms with Crippen molar-refractivity contribution in [3.05, 3.63) is 63.7 Å². The number of sulfonamides is 1. The van der Waals surface area contributed by atoms with Crippen LogP contribution in [-0.4, -0.2) is 19.6 Å². The first-order chi connectivity index (χ1) is 14.8. The molecule has 0 aromatic heterocycles. The highest BCUT2D eigenvalue weighted by Crippen LogP contribution is 2.37. The Hall–Kier alpha value is -2.03. The molecule has 1 amide bonds. The molecule has 0 spiro atoms. The van der Waals surface area contributed by atoms with E-state index < -0.39 is 38.9 Å². The Morgan fingerprint density at radius 1 is 1.00 bits per heavy atom. The lowest BCUT2D eigenvalue weighted by molar-refractivity contribution is 0.102. The number of amides is 1. The zero-order valence-corrected chi connectivity index (χ0v) is 18.3. The van der Waals surface area contributed by atoms with Crippen molar-refractivity contribution in [2.45, 2.75) is 56.2 Å². The standard InChI is InChI=1S/C22H23ClF2N2O3S/c23-17-12-13(6-9-18(17)24)26-22(28)16-7-10-19(25)21-15(16)8-11-20(21)27-31(29,30)14-4-2-1-3-5-14/h6-7,9-10,12,14,20,27H,1-5,8,11H2,(H,26,28). The first-order valence-electron chi connectivity index (χ1n) is 10.3. The van der Waals surface area contributed by atoms with Gasteiger partial charge in [-0.1, -0.05) is 30.9 Å². The molecule has 2 aliphatic rings. The summed E-state index contributed by atoms with van der Waals surface area (Å²) >= 11 is 5.76. The summed E-state index contributed by atoms with van der Waals surface area (Å²) in [6.07, 6.45) is 4.76. The minimum Gasteiger partial charge on any atom is -0.322 e. The van der Waals surface area contributed by atoms with Gasteiger partial charge in [0.2, 0.25) is 10.0 Å². The van der Waals surface area contributed by atoms with Gasteiger partial charge in [-0.05, 0) is 61.6 Å². The van der Waals surface area contributed by atoms with Gasteiger partial charge in [-0.15, -0.1) is 0 Å². The number of rotatable bonds is 5. The van der Waals surface area contributed by atoms with E-state index in [9.17, 15) is 22.0 Å². The monoisotopic (exact) mass is 468 g/mol. The summed E-state index contributed by atoms with van der Waals surface area (Å²) in [4.78, 5) is 12.8. The maximum Gasteiger partial charge on any atom is 0.255 e. The average Bonchev–Trinajstić information content (AvgIpc) is 3.15. The topological polar surface area (TPSA) is 75.3 Å². The molecule has 2 aromatic rings. The third-order valence-corrected chi connectivity index (χ3v) is 8.31. The van der Waals surface area contributed by atoms with Gasteiger partial charge in [-0.25, -0.2) is 21.9 Å². The molecule has 0 radical (unpaired) electrons. The van der Waals surface area contributed by atoms with Gasteiger partial charge in [0.1, 0.15) is 11.6 Å². The van der Waals surface area contributed by atoms with Crippen molar-refractivity contribution in [1.29, 1.82) is 0 Å². The van der Waals surface area contributed by atoms with Crippen LogP contribution < -0.4 is 10.0 Å². The minimum atomic E-state index is -3.58. The van der Waals surface area contributed by atoms with Gasteiger partial charge in [0.05, 0.1) is 16.3 Å². The van der Waals surface area contributed by atoms with Gasteiger partial charge in [0, 0.05) is 16.8 Å². The second kappa shape index (κ2) is 8.84. The van der Waals surface area contributed by atoms with Crippen molar-refractivity contribution < 1.29 is 22.0 Å². The van der Waals surface area contributed by atoms with Gasteiger partial charge in [0.25, 0.3) is 5.91 Å². The Labute approximate surface area is 185 Å². The molecule has 0 heterocycles. The van der Waals surface area contributed by atoms with Crippen LogP contribution in [0, 0.1) is 11.6 Å². The molecule has 2 aromatic carbocycles. The number of nitrogens with one attached hydrogen (secondary N) is 2. The largest absolute Gasteiger partial charge is 0.322 e. The van der Waals surface area contributed by atoms with E-state index in [0.717, 1.165) is 25.3 Å². The summed E-state index contributed by atoms with van der Waals surface area (Å²) in [6.45, 7) is 0. The zero-order valence-electron chi connectivity index (χ0n) is 16.8. The summed E-state index contributed by atoms with van der Waals surface area (Å²) in [5.41, 5.74) is 1.28. The Morgan fingerprint density at radius 3 is 2.42 bits per heavy atom. The molecule has 4 rings (SSSR count). The third kappa shape index (κ3) is 4.61. The van der Waals surface area contributed by atoms with Gasteiger partial charge >= 0.3 is 0 Å². The van der Waals surface area contributed by atoms with Crippen LogP contribution in [0.2, 0.25) is 5.02 Å². The Morgan fingerprint density at radius 2 is 1.71 bits per heavy atom. The lowest BCUT2D eigenvalue weighted by Crippen LogP contribution is -2.37. The Balaban J connectivity index is 1.57. The molecule has 1 fully saturated rings. The molecule has 31 heavy (non-hydrogen) atoms. The highest BCUT2D eigenvalue weighted by Gasteiger charge is 2.35. The van der Waals surface area contributed by atoms with Crippen molar-refractivity contribution in [3.63, 3.8) is 0 Å². The zero-order chi connectivity index (χ0) is 22.2. The molecule has 1 saturated carbocycles. The smallest absolute Gasteiger partial charge is 0.255 e. The van der Waals surface area contributed by atoms with Crippen LogP contribution in [0.15, 0.2) is 30.3 Å². The molecule has 2 N–H and O–H groups in total. The molecule has 9 heteroatoms. The van der Waals surface area contributed by atoms with Crippen LogP contribution in [0.4, 0.5) is 14.5 Å². The molecule has 1 atom stereocenters. The molecule has 2 aliphatic carbocycles. The predicted molar refractivity (Wildman–Crippen MR) is 116 cm³/mol. The lowest BCUT2D eigenvalue weighted by atomic mass is 10.0. The average molecular weight is 469 g/mol. The van der Waals surface area contributed by atoms with E-state index in [2.05, 4.69) is 10.0 Å². The van der Waals surface area contributed by atoms with Crippen LogP contribution in [0.5, 0.6) is 0 Å². The molecule has 0 saturated heterocycles. The Bertz CT molecular complexity index is 1120. The highest BCUT2D eigenvalue weighted by atomic mass is 35.5. The molecular formula is C22H23ClF2N2O3S. The van der Waals surface area contributed by atoms with E-state index in [4.69, 9.17) is 11.6 Å². The first kappa shape index (κ1) is 22.2. The van der Waals surface area contributed by atoms with E-state index in [-0.39, 0.29) is 16.1 Å². The number of hydrogen-bond acceptors (Lipinski definition) is 3. The van der Waals surface area contributed by atoms with Crippen LogP contribution in [0.25, 0.3) is 0 Å². The van der Waals surface area contributed by atoms with E-state index in [0.29, 0.717) is 36.9 Å². The Kier molecular flexibility index (Phi) is 6.32. The molecule has 1 unspecified atom stereocenters. The fourth-order valence-corrected chi connectivity index (χ4v) is 6.45. The summed E-state index contributed by atoms with van der Waals surface area (Å²) in [5, 5.41) is 2.06. The quantitative estimate of drug-likeness (QED) is 0.640. The van der Waals surface area contributed by atoms with E-state index >= 15 is 0 Å². The van der Waals surface area contributed by atoms with E-state index in [1.165, 1.54) is 24.3 Å². The number of halogens is 3. The number of anilines is 1. The van der Waals surface area contributed by atoms with Crippen molar-refractivity contribution >= 4 is 33.2 Å². The number of carbonyl (C=O) groups is 1. The van der Waals surface area contributed by atoms with Crippen LogP contribution >= 0.6 is 11.6 Å². The number of benzene rings is 2. The molecule has 0 bridgehead atoms. The van der Waals surface area contributed by atoms with Gasteiger partial charge in [0.15, 0.2) is 0 Å². The van der Waals surface area contributed by atoms with Crippen molar-refractivity contribution in [1.82, 2.24) is 4.72 Å². The molecule has 166 valence electrons. The molecule has 5 nitrogen and oxygen atoms in total. The number of hydrogen-bond donors (Lipinski definition) is 2. The number of fused-ring (bicyclic) bond motifs is 1. The predicted octanol–water partition coefficient (Wildman–Crippen LogP) is 5.11. The SMILES string of the molecule is O=C(Nc1ccc(F)c(Cl)c1)c1ccc(F)c2c1CCC2NS(=O)(=O)C1CCCCC1. The normalized spacial score (nSPS) is 19.3. The summed E-state index contributed by atoms with van der Waals surface area (Å²) in [7, 11) is -3.58. The van der Waals surface area contributed by atoms with Crippen molar-refractivity contribution in [3.8, 4) is 0 Å². The van der Waals surface area contributed by atoms with Gasteiger partial charge in [-0.3, -0.25) is 4.79 Å². The fourth-order valence-electron chi connectivity index (χ4n) is 4.49. The maximum absolute atomic E-state index is 14.7. The van der Waals surface area contributed by atoms with Gasteiger partial charge in [-0.2, -0.15) is 0 Å². The maximum atomic E-state index is 14.7. The van der Waals surface area contributed by atoms with Crippen LogP contribution in [-0.2, 0) is 16.4 Å². The van der Waals surface area contributed by atoms with Crippen molar-refractivity contribution in [2.75, 3.05) is 5.32 Å².